The van der Waals surface area contributed by atoms with Crippen LogP contribution in [0, 0.1) is 17.8 Å². The molecule has 2 saturated carbocycles. The molecule has 100 valence electrons. The quantitative estimate of drug-likeness (QED) is 0.753. The number of halogens is 5. The van der Waals surface area contributed by atoms with Gasteiger partial charge in [0.15, 0.2) is 0 Å². The van der Waals surface area contributed by atoms with Crippen LogP contribution in [0.5, 0.6) is 0 Å². The molecule has 0 aromatic heterocycles. The highest BCUT2D eigenvalue weighted by Crippen LogP contribution is 2.66. The maximum atomic E-state index is 13.6. The van der Waals surface area contributed by atoms with Crippen LogP contribution in [-0.4, -0.2) is 22.8 Å². The van der Waals surface area contributed by atoms with Crippen molar-refractivity contribution >= 4 is 0 Å². The fourth-order valence-corrected chi connectivity index (χ4v) is 3.58. The molecule has 1 N–H and O–H groups in total. The summed E-state index contributed by atoms with van der Waals surface area (Å²) >= 11 is 0. The Balaban J connectivity index is 2.37. The van der Waals surface area contributed by atoms with Crippen LogP contribution < -0.4 is 0 Å². The van der Waals surface area contributed by atoms with E-state index in [0.717, 1.165) is 0 Å². The van der Waals surface area contributed by atoms with Crippen LogP contribution >= 0.6 is 0 Å². The summed E-state index contributed by atoms with van der Waals surface area (Å²) in [6.45, 7) is 1.80. The molecule has 2 aliphatic rings. The van der Waals surface area contributed by atoms with Gasteiger partial charge in [0.2, 0.25) is 5.60 Å². The van der Waals surface area contributed by atoms with E-state index in [2.05, 4.69) is 0 Å². The molecule has 6 heteroatoms. The number of aliphatic hydroxyl groups is 1. The minimum atomic E-state index is -5.26. The van der Waals surface area contributed by atoms with Crippen molar-refractivity contribution in [3.05, 3.63) is 0 Å². The second-order valence-electron chi connectivity index (χ2n) is 5.21. The lowest BCUT2D eigenvalue weighted by Crippen LogP contribution is -2.63. The molecule has 4 unspecified atom stereocenters. The molecule has 2 rings (SSSR count). The highest BCUT2D eigenvalue weighted by atomic mass is 19.4. The van der Waals surface area contributed by atoms with E-state index in [9.17, 15) is 27.1 Å². The van der Waals surface area contributed by atoms with Gasteiger partial charge in [0, 0.05) is 11.8 Å². The molecule has 0 aromatic carbocycles. The first kappa shape index (κ1) is 13.1. The van der Waals surface area contributed by atoms with Crippen molar-refractivity contribution in [3.63, 3.8) is 0 Å². The first-order valence-corrected chi connectivity index (χ1v) is 5.83. The number of hydrogen-bond acceptors (Lipinski definition) is 1. The third-order valence-electron chi connectivity index (χ3n) is 4.34. The van der Waals surface area contributed by atoms with Gasteiger partial charge in [-0.1, -0.05) is 19.8 Å². The molecule has 0 saturated heterocycles. The predicted molar refractivity (Wildman–Crippen MR) is 50.6 cm³/mol. The van der Waals surface area contributed by atoms with Crippen molar-refractivity contribution in [1.82, 2.24) is 0 Å². The molecular weight excluding hydrogens is 243 g/mol. The van der Waals surface area contributed by atoms with E-state index in [1.165, 1.54) is 0 Å². The molecule has 17 heavy (non-hydrogen) atoms. The molecule has 0 amide bonds. The fourth-order valence-electron chi connectivity index (χ4n) is 3.58. The van der Waals surface area contributed by atoms with E-state index in [1.54, 1.807) is 6.92 Å². The number of alkyl halides is 5. The molecule has 4 atom stereocenters. The van der Waals surface area contributed by atoms with Gasteiger partial charge in [-0.05, 0) is 18.8 Å². The smallest absolute Gasteiger partial charge is 0.376 e. The Morgan fingerprint density at radius 3 is 2.24 bits per heavy atom. The molecule has 2 bridgehead atoms. The summed E-state index contributed by atoms with van der Waals surface area (Å²) in [7, 11) is 0. The normalized spacial score (nSPS) is 44.3. The van der Waals surface area contributed by atoms with Crippen LogP contribution in [0.4, 0.5) is 22.0 Å². The molecule has 0 radical (unpaired) electrons. The lowest BCUT2D eigenvalue weighted by atomic mass is 9.72. The molecule has 1 nitrogen and oxygen atoms in total. The maximum absolute atomic E-state index is 13.6. The highest BCUT2D eigenvalue weighted by molar-refractivity contribution is 5.18. The number of rotatable bonds is 2. The van der Waals surface area contributed by atoms with E-state index < -0.39 is 35.5 Å². The van der Waals surface area contributed by atoms with Gasteiger partial charge in [-0.15, -0.1) is 0 Å². The second kappa shape index (κ2) is 3.56. The molecule has 2 aliphatic carbocycles. The SMILES string of the molecule is CCCC1CC2CC1C(O)(C(F)(F)F)C2(F)F. The van der Waals surface area contributed by atoms with Gasteiger partial charge in [0.1, 0.15) is 0 Å². The van der Waals surface area contributed by atoms with Gasteiger partial charge in [-0.25, -0.2) is 8.78 Å². The van der Waals surface area contributed by atoms with Gasteiger partial charge >= 0.3 is 6.18 Å². The molecule has 2 fully saturated rings. The molecule has 0 heterocycles. The van der Waals surface area contributed by atoms with Crippen LogP contribution in [0.25, 0.3) is 0 Å². The van der Waals surface area contributed by atoms with Crippen molar-refractivity contribution in [2.45, 2.75) is 50.3 Å². The molecular formula is C11H15F5O. The van der Waals surface area contributed by atoms with Gasteiger partial charge in [-0.3, -0.25) is 0 Å². The first-order valence-electron chi connectivity index (χ1n) is 5.83. The van der Waals surface area contributed by atoms with Crippen molar-refractivity contribution in [2.24, 2.45) is 17.8 Å². The average molecular weight is 258 g/mol. The summed E-state index contributed by atoms with van der Waals surface area (Å²) in [4.78, 5) is 0. The lowest BCUT2D eigenvalue weighted by Gasteiger charge is -2.43. The van der Waals surface area contributed by atoms with Crippen LogP contribution in [0.3, 0.4) is 0 Å². The molecule has 0 aromatic rings. The Labute approximate surface area is 96.0 Å². The zero-order valence-corrected chi connectivity index (χ0v) is 9.40. The van der Waals surface area contributed by atoms with E-state index in [-0.39, 0.29) is 12.8 Å². The Morgan fingerprint density at radius 2 is 1.82 bits per heavy atom. The van der Waals surface area contributed by atoms with Gasteiger partial charge in [0.05, 0.1) is 0 Å². The lowest BCUT2D eigenvalue weighted by molar-refractivity contribution is -0.352. The topological polar surface area (TPSA) is 20.2 Å². The van der Waals surface area contributed by atoms with Crippen molar-refractivity contribution in [2.75, 3.05) is 0 Å². The van der Waals surface area contributed by atoms with Gasteiger partial charge in [-0.2, -0.15) is 13.2 Å². The van der Waals surface area contributed by atoms with E-state index in [0.29, 0.717) is 12.8 Å². The zero-order chi connectivity index (χ0) is 13.1. The average Bonchev–Trinajstić information content (AvgIpc) is 2.66. The largest absolute Gasteiger partial charge is 0.423 e. The summed E-state index contributed by atoms with van der Waals surface area (Å²) in [6, 6.07) is 0. The van der Waals surface area contributed by atoms with Crippen LogP contribution in [-0.2, 0) is 0 Å². The summed E-state index contributed by atoms with van der Waals surface area (Å²) in [6.07, 6.45) is -4.26. The monoisotopic (exact) mass is 258 g/mol. The van der Waals surface area contributed by atoms with Crippen LogP contribution in [0.15, 0.2) is 0 Å². The Kier molecular flexibility index (Phi) is 2.73. The number of fused-ring (bicyclic) bond motifs is 2. The third kappa shape index (κ3) is 1.45. The van der Waals surface area contributed by atoms with E-state index >= 15 is 0 Å². The zero-order valence-electron chi connectivity index (χ0n) is 9.40. The van der Waals surface area contributed by atoms with Gasteiger partial charge < -0.3 is 5.11 Å². The van der Waals surface area contributed by atoms with Crippen molar-refractivity contribution in [1.29, 1.82) is 0 Å². The maximum Gasteiger partial charge on any atom is 0.423 e. The van der Waals surface area contributed by atoms with Gasteiger partial charge in [0.25, 0.3) is 5.92 Å². The highest BCUT2D eigenvalue weighted by Gasteiger charge is 2.81. The van der Waals surface area contributed by atoms with Crippen molar-refractivity contribution < 1.29 is 27.1 Å². The summed E-state index contributed by atoms with van der Waals surface area (Å²) in [5.41, 5.74) is -3.82. The second-order valence-corrected chi connectivity index (χ2v) is 5.21. The minimum Gasteiger partial charge on any atom is -0.376 e. The first-order chi connectivity index (χ1) is 7.66. The Hall–Kier alpha value is -0.390. The summed E-state index contributed by atoms with van der Waals surface area (Å²) in [5.74, 6) is -7.14. The molecule has 0 aliphatic heterocycles. The summed E-state index contributed by atoms with van der Waals surface area (Å²) in [5, 5.41) is 9.57. The molecule has 0 spiro atoms. The Bertz CT molecular complexity index is 313. The van der Waals surface area contributed by atoms with Crippen LogP contribution in [0.2, 0.25) is 0 Å². The summed E-state index contributed by atoms with van der Waals surface area (Å²) < 4.78 is 65.6. The third-order valence-corrected chi connectivity index (χ3v) is 4.34. The predicted octanol–water partition coefficient (Wildman–Crippen LogP) is 3.37. The number of hydrogen-bond donors (Lipinski definition) is 1. The van der Waals surface area contributed by atoms with Crippen molar-refractivity contribution in [3.8, 4) is 0 Å². The fraction of sp³-hybridized carbons (Fsp3) is 1.00. The van der Waals surface area contributed by atoms with E-state index in [1.807, 2.05) is 0 Å². The standard InChI is InChI=1S/C11H15F5O/c1-2-3-6-4-7-5-8(6)9(17,10(7,12)13)11(14,15)16/h6-8,17H,2-5H2,1H3. The van der Waals surface area contributed by atoms with E-state index in [4.69, 9.17) is 0 Å². The Morgan fingerprint density at radius 1 is 1.24 bits per heavy atom. The van der Waals surface area contributed by atoms with Crippen LogP contribution in [0.1, 0.15) is 32.6 Å². The minimum absolute atomic E-state index is 0.101.